The molecule has 2 aromatic heterocycles. The Hall–Kier alpha value is -3.07. The van der Waals surface area contributed by atoms with Crippen molar-refractivity contribution >= 4 is 23.7 Å². The summed E-state index contributed by atoms with van der Waals surface area (Å²) in [5.74, 6) is 1.02. The summed E-state index contributed by atoms with van der Waals surface area (Å²) in [6.07, 6.45) is 1.61. The lowest BCUT2D eigenvalue weighted by Crippen LogP contribution is -2.41. The van der Waals surface area contributed by atoms with Crippen molar-refractivity contribution in [3.05, 3.63) is 54.0 Å². The van der Waals surface area contributed by atoms with E-state index < -0.39 is 17.2 Å². The van der Waals surface area contributed by atoms with Gasteiger partial charge in [0.2, 0.25) is 5.91 Å². The zero-order valence-electron chi connectivity index (χ0n) is 15.8. The number of carbonyl (C=O) groups is 2. The number of amides is 3. The van der Waals surface area contributed by atoms with Gasteiger partial charge in [0.05, 0.1) is 18.1 Å². The van der Waals surface area contributed by atoms with Crippen molar-refractivity contribution in [1.29, 1.82) is 0 Å². The highest BCUT2D eigenvalue weighted by Crippen LogP contribution is 2.28. The molecule has 0 saturated heterocycles. The lowest BCUT2D eigenvalue weighted by Gasteiger charge is -2.13. The quantitative estimate of drug-likeness (QED) is 0.618. The van der Waals surface area contributed by atoms with Crippen LogP contribution >= 0.6 is 11.8 Å². The largest absolute Gasteiger partial charge is 0.467 e. The molecular formula is C19H21N5O3S. The van der Waals surface area contributed by atoms with E-state index in [-0.39, 0.29) is 0 Å². The lowest BCUT2D eigenvalue weighted by atomic mass is 10.1. The molecule has 0 radical (unpaired) electrons. The van der Waals surface area contributed by atoms with Gasteiger partial charge >= 0.3 is 6.03 Å². The highest BCUT2D eigenvalue weighted by Gasteiger charge is 2.22. The van der Waals surface area contributed by atoms with Crippen LogP contribution in [0.3, 0.4) is 0 Å². The molecule has 0 saturated carbocycles. The van der Waals surface area contributed by atoms with Crippen molar-refractivity contribution < 1.29 is 14.0 Å². The SMILES string of the molecule is CNC(=O)NC(=O)[C@H](C)Sc1nnc(-c2cccc(C)c2)n1Cc1ccco1. The van der Waals surface area contributed by atoms with E-state index in [0.717, 1.165) is 16.9 Å². The van der Waals surface area contributed by atoms with E-state index in [2.05, 4.69) is 20.8 Å². The number of aromatic nitrogens is 3. The second-order valence-corrected chi connectivity index (χ2v) is 7.48. The number of nitrogens with one attached hydrogen (secondary N) is 2. The van der Waals surface area contributed by atoms with E-state index in [1.807, 2.05) is 47.9 Å². The zero-order valence-corrected chi connectivity index (χ0v) is 16.6. The molecule has 0 aliphatic heterocycles. The molecule has 0 aliphatic rings. The molecule has 3 amide bonds. The van der Waals surface area contributed by atoms with Crippen LogP contribution in [-0.4, -0.2) is 39.0 Å². The minimum atomic E-state index is -0.546. The molecule has 8 nitrogen and oxygen atoms in total. The van der Waals surface area contributed by atoms with Crippen LogP contribution < -0.4 is 10.6 Å². The van der Waals surface area contributed by atoms with Gasteiger partial charge in [-0.25, -0.2) is 4.79 Å². The average molecular weight is 399 g/mol. The van der Waals surface area contributed by atoms with Crippen LogP contribution in [0.25, 0.3) is 11.4 Å². The van der Waals surface area contributed by atoms with E-state index in [0.29, 0.717) is 17.5 Å². The van der Waals surface area contributed by atoms with Gasteiger partial charge in [-0.1, -0.05) is 35.5 Å². The molecule has 3 rings (SSSR count). The van der Waals surface area contributed by atoms with Crippen molar-refractivity contribution in [3.63, 3.8) is 0 Å². The average Bonchev–Trinajstić information content (AvgIpc) is 3.32. The molecule has 2 heterocycles. The number of benzene rings is 1. The van der Waals surface area contributed by atoms with Gasteiger partial charge in [-0.2, -0.15) is 0 Å². The Morgan fingerprint density at radius 3 is 2.75 bits per heavy atom. The number of thioether (sulfide) groups is 1. The Labute approximate surface area is 166 Å². The molecule has 0 bridgehead atoms. The zero-order chi connectivity index (χ0) is 20.1. The summed E-state index contributed by atoms with van der Waals surface area (Å²) in [6.45, 7) is 4.15. The minimum absolute atomic E-state index is 0.408. The smallest absolute Gasteiger partial charge is 0.321 e. The van der Waals surface area contributed by atoms with Gasteiger partial charge in [0, 0.05) is 12.6 Å². The Kier molecular flexibility index (Phi) is 6.15. The number of hydrogen-bond donors (Lipinski definition) is 2. The van der Waals surface area contributed by atoms with Crippen molar-refractivity contribution in [2.45, 2.75) is 30.8 Å². The van der Waals surface area contributed by atoms with E-state index >= 15 is 0 Å². The van der Waals surface area contributed by atoms with Crippen LogP contribution in [0.4, 0.5) is 4.79 Å². The first kappa shape index (κ1) is 19.7. The number of imide groups is 1. The first-order chi connectivity index (χ1) is 13.5. The normalized spacial score (nSPS) is 11.8. The molecule has 0 fully saturated rings. The van der Waals surface area contributed by atoms with Crippen LogP contribution in [0.5, 0.6) is 0 Å². The molecular weight excluding hydrogens is 378 g/mol. The topological polar surface area (TPSA) is 102 Å². The number of urea groups is 1. The second-order valence-electron chi connectivity index (χ2n) is 6.17. The number of aryl methyl sites for hydroxylation is 1. The highest BCUT2D eigenvalue weighted by atomic mass is 32.2. The van der Waals surface area contributed by atoms with Crippen LogP contribution in [0, 0.1) is 6.92 Å². The Bertz CT molecular complexity index is 968. The maximum Gasteiger partial charge on any atom is 0.321 e. The molecule has 0 spiro atoms. The van der Waals surface area contributed by atoms with Gasteiger partial charge in [0.1, 0.15) is 5.76 Å². The van der Waals surface area contributed by atoms with Crippen molar-refractivity contribution in [2.24, 2.45) is 0 Å². The third kappa shape index (κ3) is 4.61. The van der Waals surface area contributed by atoms with Crippen LogP contribution in [0.15, 0.2) is 52.2 Å². The molecule has 3 aromatic rings. The molecule has 2 N–H and O–H groups in total. The predicted molar refractivity (Wildman–Crippen MR) is 106 cm³/mol. The van der Waals surface area contributed by atoms with Gasteiger partial charge in [-0.05, 0) is 32.0 Å². The summed E-state index contributed by atoms with van der Waals surface area (Å²) in [6, 6.07) is 11.1. The summed E-state index contributed by atoms with van der Waals surface area (Å²) in [5.41, 5.74) is 2.03. The Balaban J connectivity index is 1.90. The van der Waals surface area contributed by atoms with E-state index in [4.69, 9.17) is 4.42 Å². The van der Waals surface area contributed by atoms with E-state index in [1.54, 1.807) is 13.2 Å². The summed E-state index contributed by atoms with van der Waals surface area (Å²) in [5, 5.41) is 13.3. The van der Waals surface area contributed by atoms with Crippen LogP contribution in [0.2, 0.25) is 0 Å². The Morgan fingerprint density at radius 2 is 2.07 bits per heavy atom. The third-order valence-electron chi connectivity index (χ3n) is 4.00. The number of hydrogen-bond acceptors (Lipinski definition) is 6. The first-order valence-electron chi connectivity index (χ1n) is 8.69. The third-order valence-corrected chi connectivity index (χ3v) is 5.08. The second kappa shape index (κ2) is 8.75. The van der Waals surface area contributed by atoms with Crippen molar-refractivity contribution in [1.82, 2.24) is 25.4 Å². The maximum absolute atomic E-state index is 12.2. The Morgan fingerprint density at radius 1 is 1.25 bits per heavy atom. The monoisotopic (exact) mass is 399 g/mol. The van der Waals surface area contributed by atoms with Crippen molar-refractivity contribution in [3.8, 4) is 11.4 Å². The summed E-state index contributed by atoms with van der Waals surface area (Å²) >= 11 is 1.23. The fourth-order valence-electron chi connectivity index (χ4n) is 2.56. The molecule has 0 unspecified atom stereocenters. The van der Waals surface area contributed by atoms with Gasteiger partial charge in [-0.15, -0.1) is 10.2 Å². The van der Waals surface area contributed by atoms with Gasteiger partial charge in [0.25, 0.3) is 0 Å². The predicted octanol–water partition coefficient (Wildman–Crippen LogP) is 2.83. The maximum atomic E-state index is 12.2. The first-order valence-corrected chi connectivity index (χ1v) is 9.57. The molecule has 1 aromatic carbocycles. The number of nitrogens with zero attached hydrogens (tertiary/aromatic N) is 3. The van der Waals surface area contributed by atoms with Crippen LogP contribution in [-0.2, 0) is 11.3 Å². The summed E-state index contributed by atoms with van der Waals surface area (Å²) < 4.78 is 7.38. The molecule has 1 atom stereocenters. The van der Waals surface area contributed by atoms with Crippen LogP contribution in [0.1, 0.15) is 18.2 Å². The van der Waals surface area contributed by atoms with Gasteiger partial charge in [-0.3, -0.25) is 14.7 Å². The van der Waals surface area contributed by atoms with E-state index in [1.165, 1.54) is 18.8 Å². The number of rotatable bonds is 6. The molecule has 0 aliphatic carbocycles. The van der Waals surface area contributed by atoms with Gasteiger partial charge < -0.3 is 9.73 Å². The highest BCUT2D eigenvalue weighted by molar-refractivity contribution is 8.00. The van der Waals surface area contributed by atoms with Crippen molar-refractivity contribution in [2.75, 3.05) is 7.05 Å². The fraction of sp³-hybridized carbons (Fsp3) is 0.263. The fourth-order valence-corrected chi connectivity index (χ4v) is 3.41. The summed E-state index contributed by atoms with van der Waals surface area (Å²) in [7, 11) is 1.45. The minimum Gasteiger partial charge on any atom is -0.467 e. The lowest BCUT2D eigenvalue weighted by molar-refractivity contribution is -0.119. The standard InChI is InChI=1S/C19H21N5O3S/c1-12-6-4-7-14(10-12)16-22-23-19(24(16)11-15-8-5-9-27-15)28-13(2)17(25)21-18(26)20-3/h4-10,13H,11H2,1-3H3,(H2,20,21,25,26)/t13-/m0/s1. The number of furan rings is 1. The molecule has 146 valence electrons. The van der Waals surface area contributed by atoms with Gasteiger partial charge in [0.15, 0.2) is 11.0 Å². The number of carbonyl (C=O) groups excluding carboxylic acids is 2. The summed E-state index contributed by atoms with van der Waals surface area (Å²) in [4.78, 5) is 23.6. The molecule has 28 heavy (non-hydrogen) atoms. The molecule has 9 heteroatoms. The van der Waals surface area contributed by atoms with E-state index in [9.17, 15) is 9.59 Å².